The Bertz CT molecular complexity index is 513. The van der Waals surface area contributed by atoms with Gasteiger partial charge >= 0.3 is 5.97 Å². The summed E-state index contributed by atoms with van der Waals surface area (Å²) in [6.45, 7) is 0.751. The van der Waals surface area contributed by atoms with Gasteiger partial charge in [-0.3, -0.25) is 0 Å². The van der Waals surface area contributed by atoms with E-state index in [9.17, 15) is 9.18 Å². The molecule has 18 heavy (non-hydrogen) atoms. The van der Waals surface area contributed by atoms with Crippen molar-refractivity contribution in [1.82, 2.24) is 0 Å². The minimum absolute atomic E-state index is 0.0954. The molecular formula is C12H11FN2O3. The van der Waals surface area contributed by atoms with Gasteiger partial charge in [0.15, 0.2) is 6.10 Å². The monoisotopic (exact) mass is 250 g/mol. The van der Waals surface area contributed by atoms with Gasteiger partial charge in [0.25, 0.3) is 0 Å². The number of carboxylic acids is 1. The fraction of sp³-hybridized carbons (Fsp3) is 0.333. The average molecular weight is 250 g/mol. The highest BCUT2D eigenvalue weighted by Gasteiger charge is 2.27. The Hall–Kier alpha value is -2.13. The Morgan fingerprint density at radius 3 is 3.00 bits per heavy atom. The summed E-state index contributed by atoms with van der Waals surface area (Å²) in [5.74, 6) is -1.59. The molecule has 1 N–H and O–H groups in total. The number of carboxylic acid groups (broad SMARTS) is 1. The molecule has 2 rings (SSSR count). The zero-order chi connectivity index (χ0) is 13.1. The molecular weight excluding hydrogens is 239 g/mol. The van der Waals surface area contributed by atoms with Gasteiger partial charge < -0.3 is 14.7 Å². The van der Waals surface area contributed by atoms with Crippen molar-refractivity contribution in [3.63, 3.8) is 0 Å². The van der Waals surface area contributed by atoms with Crippen LogP contribution in [0.25, 0.3) is 0 Å². The molecule has 5 nitrogen and oxygen atoms in total. The Labute approximate surface area is 103 Å². The number of nitriles is 1. The smallest absolute Gasteiger partial charge is 0.334 e. The second kappa shape index (κ2) is 5.02. The standard InChI is InChI=1S/C12H11FN2O3/c13-9-5-8(6-14)1-2-10(9)15-3-4-18-11(7-15)12(16)17/h1-2,5,11H,3-4,7H2,(H,16,17). The second-order valence-corrected chi connectivity index (χ2v) is 3.92. The number of halogens is 1. The third-order valence-corrected chi connectivity index (χ3v) is 2.76. The number of carbonyl (C=O) groups is 1. The highest BCUT2D eigenvalue weighted by molar-refractivity contribution is 5.73. The van der Waals surface area contributed by atoms with E-state index in [2.05, 4.69) is 0 Å². The number of aliphatic carboxylic acids is 1. The van der Waals surface area contributed by atoms with Crippen molar-refractivity contribution in [2.75, 3.05) is 24.6 Å². The van der Waals surface area contributed by atoms with Crippen molar-refractivity contribution >= 4 is 11.7 Å². The molecule has 6 heteroatoms. The van der Waals surface area contributed by atoms with Crippen LogP contribution >= 0.6 is 0 Å². The third-order valence-electron chi connectivity index (χ3n) is 2.76. The van der Waals surface area contributed by atoms with Crippen LogP contribution in [0.4, 0.5) is 10.1 Å². The molecule has 1 fully saturated rings. The minimum Gasteiger partial charge on any atom is -0.479 e. The van der Waals surface area contributed by atoms with Crippen molar-refractivity contribution < 1.29 is 19.0 Å². The van der Waals surface area contributed by atoms with Gasteiger partial charge in [-0.25, -0.2) is 9.18 Å². The van der Waals surface area contributed by atoms with E-state index in [0.29, 0.717) is 12.2 Å². The Morgan fingerprint density at radius 2 is 2.39 bits per heavy atom. The lowest BCUT2D eigenvalue weighted by Gasteiger charge is -2.32. The molecule has 1 aliphatic rings. The molecule has 1 aromatic rings. The molecule has 1 unspecified atom stereocenters. The lowest BCUT2D eigenvalue weighted by Crippen LogP contribution is -2.46. The zero-order valence-electron chi connectivity index (χ0n) is 9.47. The van der Waals surface area contributed by atoms with Crippen molar-refractivity contribution in [3.8, 4) is 6.07 Å². The van der Waals surface area contributed by atoms with Crippen LogP contribution in [0.3, 0.4) is 0 Å². The lowest BCUT2D eigenvalue weighted by atomic mass is 10.1. The summed E-state index contributed by atoms with van der Waals surface area (Å²) in [7, 11) is 0. The first-order valence-electron chi connectivity index (χ1n) is 5.41. The van der Waals surface area contributed by atoms with Crippen LogP contribution < -0.4 is 4.90 Å². The Kier molecular flexibility index (Phi) is 3.44. The first kappa shape index (κ1) is 12.3. The van der Waals surface area contributed by atoms with Gasteiger partial charge in [-0.1, -0.05) is 0 Å². The topological polar surface area (TPSA) is 73.6 Å². The van der Waals surface area contributed by atoms with E-state index in [1.54, 1.807) is 4.90 Å². The predicted octanol–water partition coefficient (Wildman–Crippen LogP) is 0.987. The summed E-state index contributed by atoms with van der Waals surface area (Å²) < 4.78 is 18.8. The summed E-state index contributed by atoms with van der Waals surface area (Å²) in [5.41, 5.74) is 0.530. The van der Waals surface area contributed by atoms with Crippen LogP contribution in [0.5, 0.6) is 0 Å². The summed E-state index contributed by atoms with van der Waals surface area (Å²) >= 11 is 0. The summed E-state index contributed by atoms with van der Waals surface area (Å²) in [6.07, 6.45) is -0.950. The van der Waals surface area contributed by atoms with Gasteiger partial charge in [0.05, 0.1) is 30.5 Å². The Balaban J connectivity index is 2.21. The van der Waals surface area contributed by atoms with Gasteiger partial charge in [-0.2, -0.15) is 5.26 Å². The summed E-state index contributed by atoms with van der Waals surface area (Å²) in [4.78, 5) is 12.4. The quantitative estimate of drug-likeness (QED) is 0.847. The first-order chi connectivity index (χ1) is 8.61. The Morgan fingerprint density at radius 1 is 1.61 bits per heavy atom. The number of benzene rings is 1. The minimum atomic E-state index is -1.06. The first-order valence-corrected chi connectivity index (χ1v) is 5.41. The van der Waals surface area contributed by atoms with Crippen LogP contribution in [0.1, 0.15) is 5.56 Å². The van der Waals surface area contributed by atoms with Crippen molar-refractivity contribution in [1.29, 1.82) is 5.26 Å². The highest BCUT2D eigenvalue weighted by Crippen LogP contribution is 2.22. The summed E-state index contributed by atoms with van der Waals surface area (Å²) in [6, 6.07) is 5.97. The van der Waals surface area contributed by atoms with Crippen LogP contribution in [-0.2, 0) is 9.53 Å². The lowest BCUT2D eigenvalue weighted by molar-refractivity contribution is -0.150. The van der Waals surface area contributed by atoms with Gasteiger partial charge in [-0.15, -0.1) is 0 Å². The van der Waals surface area contributed by atoms with E-state index in [4.69, 9.17) is 15.1 Å². The molecule has 0 amide bonds. The van der Waals surface area contributed by atoms with Gasteiger partial charge in [0, 0.05) is 6.54 Å². The molecule has 1 saturated heterocycles. The van der Waals surface area contributed by atoms with E-state index < -0.39 is 17.9 Å². The molecule has 0 spiro atoms. The molecule has 1 heterocycles. The normalized spacial score (nSPS) is 19.3. The third kappa shape index (κ3) is 2.41. The van der Waals surface area contributed by atoms with Crippen molar-refractivity contribution in [2.45, 2.75) is 6.10 Å². The number of hydrogen-bond acceptors (Lipinski definition) is 4. The van der Waals surface area contributed by atoms with Gasteiger partial charge in [-0.05, 0) is 18.2 Å². The number of morpholine rings is 1. The van der Waals surface area contributed by atoms with E-state index in [-0.39, 0.29) is 18.7 Å². The molecule has 0 bridgehead atoms. The van der Waals surface area contributed by atoms with E-state index in [1.807, 2.05) is 6.07 Å². The van der Waals surface area contributed by atoms with Crippen LogP contribution in [0.2, 0.25) is 0 Å². The fourth-order valence-corrected chi connectivity index (χ4v) is 1.85. The maximum absolute atomic E-state index is 13.8. The molecule has 0 radical (unpaired) electrons. The van der Waals surface area contributed by atoms with E-state index in [1.165, 1.54) is 12.1 Å². The number of anilines is 1. The number of ether oxygens (including phenoxy) is 1. The number of hydrogen-bond donors (Lipinski definition) is 1. The second-order valence-electron chi connectivity index (χ2n) is 3.92. The predicted molar refractivity (Wildman–Crippen MR) is 60.7 cm³/mol. The highest BCUT2D eigenvalue weighted by atomic mass is 19.1. The van der Waals surface area contributed by atoms with E-state index in [0.717, 1.165) is 6.07 Å². The molecule has 0 aliphatic carbocycles. The number of nitrogens with zero attached hydrogens (tertiary/aromatic N) is 2. The molecule has 0 saturated carbocycles. The van der Waals surface area contributed by atoms with Crippen molar-refractivity contribution in [3.05, 3.63) is 29.6 Å². The van der Waals surface area contributed by atoms with Crippen LogP contribution in [0, 0.1) is 17.1 Å². The molecule has 1 aliphatic heterocycles. The molecule has 1 aromatic carbocycles. The maximum Gasteiger partial charge on any atom is 0.334 e. The maximum atomic E-state index is 13.8. The molecule has 0 aromatic heterocycles. The zero-order valence-corrected chi connectivity index (χ0v) is 9.47. The molecule has 1 atom stereocenters. The fourth-order valence-electron chi connectivity index (χ4n) is 1.85. The van der Waals surface area contributed by atoms with Gasteiger partial charge in [0.1, 0.15) is 5.82 Å². The largest absolute Gasteiger partial charge is 0.479 e. The van der Waals surface area contributed by atoms with Crippen molar-refractivity contribution in [2.24, 2.45) is 0 Å². The SMILES string of the molecule is N#Cc1ccc(N2CCOC(C(=O)O)C2)c(F)c1. The summed E-state index contributed by atoms with van der Waals surface area (Å²) in [5, 5.41) is 17.5. The van der Waals surface area contributed by atoms with Crippen LogP contribution in [0.15, 0.2) is 18.2 Å². The van der Waals surface area contributed by atoms with Crippen LogP contribution in [-0.4, -0.2) is 36.9 Å². The molecule has 94 valence electrons. The number of rotatable bonds is 2. The van der Waals surface area contributed by atoms with Gasteiger partial charge in [0.2, 0.25) is 0 Å². The average Bonchev–Trinajstić information content (AvgIpc) is 2.38. The van der Waals surface area contributed by atoms with E-state index >= 15 is 0 Å².